The molecule has 2 N–H and O–H groups in total. The van der Waals surface area contributed by atoms with Crippen LogP contribution in [0.5, 0.6) is 0 Å². The van der Waals surface area contributed by atoms with E-state index in [1.165, 1.54) is 19.3 Å². The Bertz CT molecular complexity index is 365. The number of nitrogens with one attached hydrogen (secondary N) is 1. The maximum Gasteiger partial charge on any atom is 0.307 e. The Balaban J connectivity index is 2.47. The zero-order valence-electron chi connectivity index (χ0n) is 13.9. The summed E-state index contributed by atoms with van der Waals surface area (Å²) in [6, 6.07) is 0. The molecule has 4 heteroatoms. The first kappa shape index (κ1) is 18.0. The first-order valence-corrected chi connectivity index (χ1v) is 8.27. The molecule has 122 valence electrons. The molecule has 1 fully saturated rings. The maximum atomic E-state index is 12.3. The molecule has 0 aliphatic heterocycles. The number of rotatable bonds is 8. The summed E-state index contributed by atoms with van der Waals surface area (Å²) in [7, 11) is 0. The number of hydrogen-bond acceptors (Lipinski definition) is 2. The lowest BCUT2D eigenvalue weighted by atomic mass is 9.86. The van der Waals surface area contributed by atoms with E-state index >= 15 is 0 Å². The highest BCUT2D eigenvalue weighted by atomic mass is 16.4. The number of amides is 1. The van der Waals surface area contributed by atoms with E-state index in [1.807, 2.05) is 6.92 Å². The second-order valence-corrected chi connectivity index (χ2v) is 7.47. The molecule has 1 amide bonds. The second kappa shape index (κ2) is 7.81. The summed E-state index contributed by atoms with van der Waals surface area (Å²) in [5.41, 5.74) is 0.0772. The van der Waals surface area contributed by atoms with E-state index in [1.54, 1.807) is 0 Å². The van der Waals surface area contributed by atoms with E-state index in [9.17, 15) is 14.7 Å². The van der Waals surface area contributed by atoms with Gasteiger partial charge in [-0.3, -0.25) is 9.59 Å². The van der Waals surface area contributed by atoms with Gasteiger partial charge in [-0.2, -0.15) is 0 Å². The molecule has 0 aromatic heterocycles. The van der Waals surface area contributed by atoms with Crippen molar-refractivity contribution in [2.24, 2.45) is 23.2 Å². The molecule has 1 aliphatic carbocycles. The summed E-state index contributed by atoms with van der Waals surface area (Å²) in [5, 5.41) is 12.2. The Kier molecular flexibility index (Phi) is 6.69. The molecule has 0 heterocycles. The molecule has 0 radical (unpaired) electrons. The molecule has 4 nitrogen and oxygen atoms in total. The largest absolute Gasteiger partial charge is 0.481 e. The van der Waals surface area contributed by atoms with E-state index < -0.39 is 11.9 Å². The third-order valence-corrected chi connectivity index (χ3v) is 4.65. The van der Waals surface area contributed by atoms with Gasteiger partial charge < -0.3 is 10.4 Å². The third-order valence-electron chi connectivity index (χ3n) is 4.65. The highest BCUT2D eigenvalue weighted by Crippen LogP contribution is 2.36. The van der Waals surface area contributed by atoms with Crippen LogP contribution in [0.2, 0.25) is 0 Å². The van der Waals surface area contributed by atoms with Gasteiger partial charge >= 0.3 is 5.97 Å². The van der Waals surface area contributed by atoms with Gasteiger partial charge in [-0.25, -0.2) is 0 Å². The van der Waals surface area contributed by atoms with Gasteiger partial charge in [0.1, 0.15) is 0 Å². The minimum Gasteiger partial charge on any atom is -0.481 e. The van der Waals surface area contributed by atoms with Crippen molar-refractivity contribution in [1.82, 2.24) is 5.32 Å². The molecule has 1 aliphatic rings. The van der Waals surface area contributed by atoms with Crippen LogP contribution < -0.4 is 5.32 Å². The number of carbonyl (C=O) groups excluding carboxylic acids is 1. The molecular weight excluding hydrogens is 266 g/mol. The number of carbonyl (C=O) groups is 2. The van der Waals surface area contributed by atoms with Gasteiger partial charge in [-0.05, 0) is 30.6 Å². The summed E-state index contributed by atoms with van der Waals surface area (Å²) in [4.78, 5) is 23.6. The van der Waals surface area contributed by atoms with Crippen LogP contribution in [0.1, 0.15) is 66.2 Å². The van der Waals surface area contributed by atoms with Crippen molar-refractivity contribution in [2.45, 2.75) is 66.2 Å². The van der Waals surface area contributed by atoms with Crippen LogP contribution >= 0.6 is 0 Å². The summed E-state index contributed by atoms with van der Waals surface area (Å²) < 4.78 is 0. The second-order valence-electron chi connectivity index (χ2n) is 7.47. The standard InChI is InChI=1S/C17H31NO3/c1-5-6-7-8-17(3,4)11-18-15(19)13-9-12(2)10-14(13)16(20)21/h12-14H,5-11H2,1-4H3,(H,18,19)(H,20,21). The Morgan fingerprint density at radius 1 is 1.19 bits per heavy atom. The fraction of sp³-hybridized carbons (Fsp3) is 0.882. The Labute approximate surface area is 128 Å². The smallest absolute Gasteiger partial charge is 0.307 e. The Hall–Kier alpha value is -1.06. The Morgan fingerprint density at radius 3 is 2.38 bits per heavy atom. The maximum absolute atomic E-state index is 12.3. The van der Waals surface area contributed by atoms with Crippen molar-refractivity contribution in [2.75, 3.05) is 6.54 Å². The van der Waals surface area contributed by atoms with Gasteiger partial charge in [0.15, 0.2) is 0 Å². The molecule has 1 saturated carbocycles. The van der Waals surface area contributed by atoms with Crippen LogP contribution in [0.25, 0.3) is 0 Å². The number of unbranched alkanes of at least 4 members (excludes halogenated alkanes) is 2. The van der Waals surface area contributed by atoms with Crippen LogP contribution in [0.15, 0.2) is 0 Å². The van der Waals surface area contributed by atoms with Gasteiger partial charge in [-0.15, -0.1) is 0 Å². The number of hydrogen-bond donors (Lipinski definition) is 2. The SMILES string of the molecule is CCCCCC(C)(C)CNC(=O)C1CC(C)CC1C(=O)O. The molecule has 0 saturated heterocycles. The van der Waals surface area contributed by atoms with Gasteiger partial charge in [0.05, 0.1) is 11.8 Å². The predicted octanol–water partition coefficient (Wildman–Crippen LogP) is 3.46. The third kappa shape index (κ3) is 5.68. The van der Waals surface area contributed by atoms with Gasteiger partial charge in [0, 0.05) is 6.54 Å². The number of aliphatic carboxylic acids is 1. The van der Waals surface area contributed by atoms with Crippen LogP contribution in [0, 0.1) is 23.2 Å². The van der Waals surface area contributed by atoms with Crippen LogP contribution in [-0.2, 0) is 9.59 Å². The normalized spacial score (nSPS) is 25.8. The molecule has 21 heavy (non-hydrogen) atoms. The zero-order valence-corrected chi connectivity index (χ0v) is 13.9. The van der Waals surface area contributed by atoms with Crippen molar-refractivity contribution < 1.29 is 14.7 Å². The highest BCUT2D eigenvalue weighted by Gasteiger charge is 2.41. The summed E-state index contributed by atoms with van der Waals surface area (Å²) >= 11 is 0. The van der Waals surface area contributed by atoms with Gasteiger partial charge in [0.25, 0.3) is 0 Å². The molecule has 3 atom stereocenters. The van der Waals surface area contributed by atoms with Crippen molar-refractivity contribution in [3.63, 3.8) is 0 Å². The van der Waals surface area contributed by atoms with E-state index in [4.69, 9.17) is 0 Å². The van der Waals surface area contributed by atoms with E-state index in [0.717, 1.165) is 6.42 Å². The van der Waals surface area contributed by atoms with Crippen LogP contribution in [0.3, 0.4) is 0 Å². The number of carboxylic acids is 1. The topological polar surface area (TPSA) is 66.4 Å². The molecule has 0 aromatic carbocycles. The van der Waals surface area contributed by atoms with E-state index in [0.29, 0.717) is 25.3 Å². The van der Waals surface area contributed by atoms with Crippen molar-refractivity contribution in [3.8, 4) is 0 Å². The average molecular weight is 297 g/mol. The fourth-order valence-corrected chi connectivity index (χ4v) is 3.25. The highest BCUT2D eigenvalue weighted by molar-refractivity contribution is 5.85. The molecule has 3 unspecified atom stereocenters. The van der Waals surface area contributed by atoms with Crippen LogP contribution in [0.4, 0.5) is 0 Å². The first-order chi connectivity index (χ1) is 9.76. The van der Waals surface area contributed by atoms with Crippen molar-refractivity contribution in [3.05, 3.63) is 0 Å². The van der Waals surface area contributed by atoms with Crippen molar-refractivity contribution >= 4 is 11.9 Å². The predicted molar refractivity (Wildman–Crippen MR) is 83.9 cm³/mol. The monoisotopic (exact) mass is 297 g/mol. The molecular formula is C17H31NO3. The van der Waals surface area contributed by atoms with Crippen molar-refractivity contribution in [1.29, 1.82) is 0 Å². The van der Waals surface area contributed by atoms with Gasteiger partial charge in [-0.1, -0.05) is 47.0 Å². The van der Waals surface area contributed by atoms with Gasteiger partial charge in [0.2, 0.25) is 5.91 Å². The average Bonchev–Trinajstić information content (AvgIpc) is 2.79. The lowest BCUT2D eigenvalue weighted by molar-refractivity contribution is -0.146. The van der Waals surface area contributed by atoms with E-state index in [-0.39, 0.29) is 17.2 Å². The minimum atomic E-state index is -0.832. The Morgan fingerprint density at radius 2 is 1.81 bits per heavy atom. The number of carboxylic acid groups (broad SMARTS) is 1. The first-order valence-electron chi connectivity index (χ1n) is 8.27. The molecule has 0 bridgehead atoms. The molecule has 1 rings (SSSR count). The minimum absolute atomic E-state index is 0.0738. The quantitative estimate of drug-likeness (QED) is 0.674. The summed E-state index contributed by atoms with van der Waals surface area (Å²) in [5.74, 6) is -1.46. The van der Waals surface area contributed by atoms with E-state index in [2.05, 4.69) is 26.1 Å². The summed E-state index contributed by atoms with van der Waals surface area (Å²) in [6.07, 6.45) is 6.00. The lowest BCUT2D eigenvalue weighted by Crippen LogP contribution is -2.40. The molecule has 0 aromatic rings. The molecule has 0 spiro atoms. The summed E-state index contributed by atoms with van der Waals surface area (Å²) in [6.45, 7) is 9.16. The lowest BCUT2D eigenvalue weighted by Gasteiger charge is -2.26. The zero-order chi connectivity index (χ0) is 16.0. The fourth-order valence-electron chi connectivity index (χ4n) is 3.25. The van der Waals surface area contributed by atoms with Crippen LogP contribution in [-0.4, -0.2) is 23.5 Å².